The molecule has 2 unspecified atom stereocenters. The van der Waals surface area contributed by atoms with Gasteiger partial charge in [-0.3, -0.25) is 0 Å². The molecule has 2 aromatic heterocycles. The van der Waals surface area contributed by atoms with Gasteiger partial charge in [0.15, 0.2) is 34.1 Å². The third-order valence-electron chi connectivity index (χ3n) is 4.87. The fourth-order valence-corrected chi connectivity index (χ4v) is 3.25. The van der Waals surface area contributed by atoms with E-state index in [9.17, 15) is 10.5 Å². The van der Waals surface area contributed by atoms with Gasteiger partial charge in [0.25, 0.3) is 0 Å². The lowest BCUT2D eigenvalue weighted by Gasteiger charge is -2.46. The van der Waals surface area contributed by atoms with Gasteiger partial charge in [0.1, 0.15) is 12.1 Å². The summed E-state index contributed by atoms with van der Waals surface area (Å²) in [5.74, 6) is 0.345. The van der Waals surface area contributed by atoms with Crippen LogP contribution in [-0.2, 0) is 9.47 Å². The number of hydrogen-bond acceptors (Lipinski definition) is 12. The zero-order valence-electron chi connectivity index (χ0n) is 16.2. The summed E-state index contributed by atoms with van der Waals surface area (Å²) >= 11 is 0. The predicted molar refractivity (Wildman–Crippen MR) is 101 cm³/mol. The Morgan fingerprint density at radius 1 is 0.733 bits per heavy atom. The molecular weight excluding hydrogens is 388 g/mol. The summed E-state index contributed by atoms with van der Waals surface area (Å²) in [6.07, 6.45) is 0.345. The van der Waals surface area contributed by atoms with E-state index >= 15 is 0 Å². The number of nitrogens with zero attached hydrogens (tertiary/aromatic N) is 8. The summed E-state index contributed by atoms with van der Waals surface area (Å²) < 4.78 is 10.3. The van der Waals surface area contributed by atoms with Crippen LogP contribution in [0.4, 0.5) is 11.6 Å². The predicted octanol–water partition coefficient (Wildman–Crippen LogP) is 0.598. The molecule has 2 atom stereocenters. The normalized spacial score (nSPS) is 21.8. The van der Waals surface area contributed by atoms with Gasteiger partial charge in [-0.05, 0) is 0 Å². The smallest absolute Gasteiger partial charge is 0.201 e. The number of hydrogen-bond donors (Lipinski definition) is 2. The number of nitriles is 4. The Balaban J connectivity index is 2.21. The van der Waals surface area contributed by atoms with E-state index in [1.807, 2.05) is 0 Å². The zero-order chi connectivity index (χ0) is 21.8. The lowest BCUT2D eigenvalue weighted by Crippen LogP contribution is -2.65. The Morgan fingerprint density at radius 3 is 1.43 bits per heavy atom. The van der Waals surface area contributed by atoms with Gasteiger partial charge in [0.05, 0.1) is 12.1 Å². The first kappa shape index (κ1) is 20.6. The maximum atomic E-state index is 10.1. The van der Waals surface area contributed by atoms with Crippen LogP contribution in [0.25, 0.3) is 11.3 Å². The molecule has 30 heavy (non-hydrogen) atoms. The van der Waals surface area contributed by atoms with E-state index in [0.717, 1.165) is 0 Å². The molecule has 3 heterocycles. The van der Waals surface area contributed by atoms with Crippen LogP contribution in [0.3, 0.4) is 0 Å². The van der Waals surface area contributed by atoms with Crippen molar-refractivity contribution < 1.29 is 9.47 Å². The van der Waals surface area contributed by atoms with Gasteiger partial charge in [0, 0.05) is 40.3 Å². The second-order valence-corrected chi connectivity index (χ2v) is 6.48. The van der Waals surface area contributed by atoms with Crippen LogP contribution < -0.4 is 10.6 Å². The van der Waals surface area contributed by atoms with Crippen LogP contribution in [0.5, 0.6) is 0 Å². The van der Waals surface area contributed by atoms with Crippen molar-refractivity contribution in [2.45, 2.75) is 23.9 Å². The Morgan fingerprint density at radius 2 is 1.13 bits per heavy atom. The summed E-state index contributed by atoms with van der Waals surface area (Å²) in [5, 5.41) is 44.5. The van der Waals surface area contributed by atoms with E-state index in [1.165, 1.54) is 14.2 Å². The number of fused-ring (bicyclic) bond motifs is 2. The number of methoxy groups -OCH3 is 2. The minimum absolute atomic E-state index is 0.0264. The first-order valence-electron chi connectivity index (χ1n) is 8.78. The van der Waals surface area contributed by atoms with Crippen molar-refractivity contribution in [2.75, 3.05) is 38.1 Å². The fourth-order valence-electron chi connectivity index (χ4n) is 3.25. The van der Waals surface area contributed by atoms with Crippen molar-refractivity contribution >= 4 is 22.9 Å². The highest BCUT2D eigenvalue weighted by molar-refractivity contribution is 5.79. The summed E-state index contributed by atoms with van der Waals surface area (Å²) in [6, 6.07) is 7.99. The molecule has 0 radical (unpaired) electrons. The van der Waals surface area contributed by atoms with Crippen LogP contribution in [-0.4, -0.2) is 58.4 Å². The van der Waals surface area contributed by atoms with Gasteiger partial charge in [-0.15, -0.1) is 0 Å². The monoisotopic (exact) mass is 404 g/mol. The number of anilines is 2. The molecule has 150 valence electrons. The van der Waals surface area contributed by atoms with E-state index in [1.54, 1.807) is 12.1 Å². The number of ether oxygens (including phenoxy) is 2. The average molecular weight is 404 g/mol. The molecule has 1 aliphatic rings. The molecule has 3 rings (SSSR count). The quantitative estimate of drug-likeness (QED) is 0.682. The number of nitrogens with one attached hydrogen (secondary N) is 2. The number of aromatic nitrogens is 4. The first-order valence-corrected chi connectivity index (χ1v) is 8.78. The topological polar surface area (TPSA) is 189 Å². The standard InChI is InChI=1S/C18H16N10O2/c1-29-5-3-17(9-21)18(10-22,4-6-30-2)28-16-15(27-17)25-13-14(26-16)24-12(8-20)11(7-19)23-13/h3-6H2,1-2H3,(H,23,25,27)(H,24,26,28). The van der Waals surface area contributed by atoms with Gasteiger partial charge in [0.2, 0.25) is 11.3 Å². The van der Waals surface area contributed by atoms with Crippen molar-refractivity contribution in [3.63, 3.8) is 0 Å². The SMILES string of the molecule is COCCC1(C#N)Nc2nc3nc(C#N)c(C#N)nc3nc2NC1(C#N)CCOC. The Bertz CT molecular complexity index is 1060. The molecule has 2 aromatic rings. The Hall–Kier alpha value is -4.10. The van der Waals surface area contributed by atoms with Gasteiger partial charge in [-0.2, -0.15) is 21.0 Å². The fraction of sp³-hybridized carbons (Fsp3) is 0.444. The van der Waals surface area contributed by atoms with Crippen molar-refractivity contribution in [2.24, 2.45) is 0 Å². The highest BCUT2D eigenvalue weighted by Crippen LogP contribution is 2.41. The molecule has 12 heteroatoms. The maximum Gasteiger partial charge on any atom is 0.201 e. The van der Waals surface area contributed by atoms with Crippen molar-refractivity contribution in [3.05, 3.63) is 11.4 Å². The third kappa shape index (κ3) is 3.17. The minimum atomic E-state index is -1.41. The molecule has 1 aliphatic heterocycles. The minimum Gasteiger partial charge on any atom is -0.385 e. The molecule has 0 spiro atoms. The molecule has 0 saturated carbocycles. The number of rotatable bonds is 6. The van der Waals surface area contributed by atoms with E-state index in [-0.39, 0.29) is 60.4 Å². The van der Waals surface area contributed by atoms with Crippen LogP contribution >= 0.6 is 0 Å². The van der Waals surface area contributed by atoms with Crippen LogP contribution in [0, 0.1) is 45.3 Å². The molecule has 0 aliphatic carbocycles. The van der Waals surface area contributed by atoms with E-state index < -0.39 is 11.1 Å². The van der Waals surface area contributed by atoms with Gasteiger partial charge < -0.3 is 20.1 Å². The highest BCUT2D eigenvalue weighted by Gasteiger charge is 2.56. The average Bonchev–Trinajstić information content (AvgIpc) is 2.78. The van der Waals surface area contributed by atoms with Crippen LogP contribution in [0.2, 0.25) is 0 Å². The first-order chi connectivity index (χ1) is 14.5. The third-order valence-corrected chi connectivity index (χ3v) is 4.87. The molecule has 0 aromatic carbocycles. The zero-order valence-corrected chi connectivity index (χ0v) is 16.2. The summed E-state index contributed by atoms with van der Waals surface area (Å²) in [6.45, 7) is 0.415. The lowest BCUT2D eigenvalue weighted by atomic mass is 9.72. The second-order valence-electron chi connectivity index (χ2n) is 6.48. The largest absolute Gasteiger partial charge is 0.385 e. The molecule has 0 amide bonds. The summed E-state index contributed by atoms with van der Waals surface area (Å²) in [5.41, 5.74) is -3.13. The van der Waals surface area contributed by atoms with Crippen LogP contribution in [0.15, 0.2) is 0 Å². The second kappa shape index (κ2) is 8.10. The van der Waals surface area contributed by atoms with Crippen LogP contribution in [0.1, 0.15) is 24.2 Å². The molecule has 2 N–H and O–H groups in total. The Kier molecular flexibility index (Phi) is 5.57. The van der Waals surface area contributed by atoms with E-state index in [0.29, 0.717) is 0 Å². The maximum absolute atomic E-state index is 10.1. The summed E-state index contributed by atoms with van der Waals surface area (Å²) in [4.78, 5) is 16.7. The summed E-state index contributed by atoms with van der Waals surface area (Å²) in [7, 11) is 3.00. The van der Waals surface area contributed by atoms with Crippen molar-refractivity contribution in [1.29, 1.82) is 21.0 Å². The van der Waals surface area contributed by atoms with Gasteiger partial charge in [-0.25, -0.2) is 19.9 Å². The molecule has 0 fully saturated rings. The molecule has 12 nitrogen and oxygen atoms in total. The van der Waals surface area contributed by atoms with Gasteiger partial charge >= 0.3 is 0 Å². The van der Waals surface area contributed by atoms with Crippen molar-refractivity contribution in [1.82, 2.24) is 19.9 Å². The van der Waals surface area contributed by atoms with Crippen molar-refractivity contribution in [3.8, 4) is 24.3 Å². The molecule has 0 bridgehead atoms. The molecule has 0 saturated heterocycles. The molecular formula is C18H16N10O2. The highest BCUT2D eigenvalue weighted by atomic mass is 16.5. The van der Waals surface area contributed by atoms with Gasteiger partial charge in [-0.1, -0.05) is 0 Å². The van der Waals surface area contributed by atoms with E-state index in [2.05, 4.69) is 42.7 Å². The van der Waals surface area contributed by atoms with E-state index in [4.69, 9.17) is 20.0 Å². The Labute approximate surface area is 171 Å². The lowest BCUT2D eigenvalue weighted by molar-refractivity contribution is 0.147.